The van der Waals surface area contributed by atoms with Crippen LogP contribution in [0.4, 0.5) is 0 Å². The third-order valence-corrected chi connectivity index (χ3v) is 3.74. The van der Waals surface area contributed by atoms with Gasteiger partial charge in [0.25, 0.3) is 0 Å². The van der Waals surface area contributed by atoms with Crippen LogP contribution in [0, 0.1) is 5.92 Å². The summed E-state index contributed by atoms with van der Waals surface area (Å²) in [7, 11) is 1.81. The highest BCUT2D eigenvalue weighted by molar-refractivity contribution is 7.98. The van der Waals surface area contributed by atoms with Crippen LogP contribution in [-0.4, -0.2) is 30.2 Å². The molecule has 1 aromatic rings. The lowest BCUT2D eigenvalue weighted by atomic mass is 10.0. The Morgan fingerprint density at radius 3 is 2.37 bits per heavy atom. The average molecular weight is 280 g/mol. The van der Waals surface area contributed by atoms with Gasteiger partial charge in [0.1, 0.15) is 0 Å². The molecule has 0 aliphatic carbocycles. The first-order valence-corrected chi connectivity index (χ1v) is 7.80. The van der Waals surface area contributed by atoms with Crippen LogP contribution in [0.3, 0.4) is 0 Å². The van der Waals surface area contributed by atoms with Crippen LogP contribution in [0.25, 0.3) is 0 Å². The molecule has 2 N–H and O–H groups in total. The molecule has 0 aromatic heterocycles. The van der Waals surface area contributed by atoms with Crippen LogP contribution in [0.15, 0.2) is 29.2 Å². The van der Waals surface area contributed by atoms with E-state index in [2.05, 4.69) is 44.4 Å². The molecule has 1 atom stereocenters. The van der Waals surface area contributed by atoms with Gasteiger partial charge in [-0.15, -0.1) is 11.8 Å². The normalized spacial score (nSPS) is 12.5. The second kappa shape index (κ2) is 7.56. The lowest BCUT2D eigenvalue weighted by Crippen LogP contribution is -2.42. The van der Waals surface area contributed by atoms with E-state index in [1.54, 1.807) is 16.7 Å². The van der Waals surface area contributed by atoms with Gasteiger partial charge in [0.15, 0.2) is 0 Å². The predicted molar refractivity (Wildman–Crippen MR) is 82.1 cm³/mol. The number of rotatable bonds is 6. The zero-order valence-electron chi connectivity index (χ0n) is 12.2. The van der Waals surface area contributed by atoms with Crippen molar-refractivity contribution in [2.75, 3.05) is 13.3 Å². The van der Waals surface area contributed by atoms with Crippen molar-refractivity contribution in [3.8, 4) is 0 Å². The zero-order valence-corrected chi connectivity index (χ0v) is 13.0. The molecule has 19 heavy (non-hydrogen) atoms. The fraction of sp³-hybridized carbons (Fsp3) is 0.533. The van der Waals surface area contributed by atoms with Gasteiger partial charge in [-0.1, -0.05) is 26.0 Å². The quantitative estimate of drug-likeness (QED) is 0.815. The second-order valence-electron chi connectivity index (χ2n) is 5.28. The van der Waals surface area contributed by atoms with Crippen molar-refractivity contribution in [1.82, 2.24) is 4.90 Å². The Morgan fingerprint density at radius 1 is 1.32 bits per heavy atom. The molecule has 0 spiro atoms. The fourth-order valence-electron chi connectivity index (χ4n) is 1.97. The summed E-state index contributed by atoms with van der Waals surface area (Å²) in [4.78, 5) is 15.0. The Labute approximate surface area is 120 Å². The Morgan fingerprint density at radius 2 is 1.89 bits per heavy atom. The molecule has 1 amide bonds. The first-order valence-electron chi connectivity index (χ1n) is 6.57. The number of benzene rings is 1. The molecule has 0 aliphatic heterocycles. The van der Waals surface area contributed by atoms with E-state index in [-0.39, 0.29) is 5.91 Å². The topological polar surface area (TPSA) is 46.3 Å². The molecule has 1 aromatic carbocycles. The number of nitrogens with zero attached hydrogens (tertiary/aromatic N) is 1. The predicted octanol–water partition coefficient (Wildman–Crippen LogP) is 2.74. The summed E-state index contributed by atoms with van der Waals surface area (Å²) in [6.07, 6.45) is 2.78. The van der Waals surface area contributed by atoms with Gasteiger partial charge < -0.3 is 10.6 Å². The largest absolute Gasteiger partial charge is 0.340 e. The molecule has 0 fully saturated rings. The molecule has 0 radical (unpaired) electrons. The summed E-state index contributed by atoms with van der Waals surface area (Å²) in [6.45, 7) is 4.77. The summed E-state index contributed by atoms with van der Waals surface area (Å²) in [5.74, 6) is 0.454. The van der Waals surface area contributed by atoms with Crippen molar-refractivity contribution >= 4 is 17.7 Å². The fourth-order valence-corrected chi connectivity index (χ4v) is 2.38. The Bertz CT molecular complexity index is 403. The minimum atomic E-state index is -0.393. The van der Waals surface area contributed by atoms with E-state index in [9.17, 15) is 4.79 Å². The Balaban J connectivity index is 2.57. The van der Waals surface area contributed by atoms with E-state index in [4.69, 9.17) is 5.73 Å². The standard InChI is InChI=1S/C15H24N2OS/c1-11(2)9-14(16)15(18)17(3)10-12-5-7-13(19-4)8-6-12/h5-8,11,14H,9-10,16H2,1-4H3/t14-/m1/s1. The van der Waals surface area contributed by atoms with E-state index < -0.39 is 6.04 Å². The maximum Gasteiger partial charge on any atom is 0.239 e. The summed E-state index contributed by atoms with van der Waals surface area (Å²) in [5, 5.41) is 0. The molecular formula is C15H24N2OS. The highest BCUT2D eigenvalue weighted by Gasteiger charge is 2.18. The number of likely N-dealkylation sites (N-methyl/N-ethyl adjacent to an activating group) is 1. The van der Waals surface area contributed by atoms with Crippen LogP contribution in [0.1, 0.15) is 25.8 Å². The van der Waals surface area contributed by atoms with Crippen molar-refractivity contribution in [2.45, 2.75) is 37.8 Å². The number of hydrogen-bond acceptors (Lipinski definition) is 3. The molecule has 106 valence electrons. The molecule has 0 heterocycles. The van der Waals surface area contributed by atoms with Crippen LogP contribution in [0.2, 0.25) is 0 Å². The third kappa shape index (κ3) is 5.25. The number of carbonyl (C=O) groups is 1. The molecule has 4 heteroatoms. The van der Waals surface area contributed by atoms with Gasteiger partial charge in [0.05, 0.1) is 6.04 Å². The van der Waals surface area contributed by atoms with Gasteiger partial charge in [-0.25, -0.2) is 0 Å². The molecule has 3 nitrogen and oxygen atoms in total. The first kappa shape index (κ1) is 16.1. The second-order valence-corrected chi connectivity index (χ2v) is 6.16. The maximum absolute atomic E-state index is 12.1. The third-order valence-electron chi connectivity index (χ3n) is 3.00. The SMILES string of the molecule is CSc1ccc(CN(C)C(=O)[C@H](N)CC(C)C)cc1. The van der Waals surface area contributed by atoms with E-state index in [1.165, 1.54) is 4.90 Å². The Hall–Kier alpha value is -1.00. The highest BCUT2D eigenvalue weighted by atomic mass is 32.2. The van der Waals surface area contributed by atoms with Gasteiger partial charge in [-0.2, -0.15) is 0 Å². The van der Waals surface area contributed by atoms with Crippen LogP contribution in [-0.2, 0) is 11.3 Å². The minimum Gasteiger partial charge on any atom is -0.340 e. The van der Waals surface area contributed by atoms with Gasteiger partial charge in [0, 0.05) is 18.5 Å². The number of amides is 1. The van der Waals surface area contributed by atoms with E-state index in [1.807, 2.05) is 7.05 Å². The summed E-state index contributed by atoms with van der Waals surface area (Å²) < 4.78 is 0. The maximum atomic E-state index is 12.1. The van der Waals surface area contributed by atoms with E-state index in [0.29, 0.717) is 12.5 Å². The molecule has 0 unspecified atom stereocenters. The van der Waals surface area contributed by atoms with Gasteiger partial charge in [-0.3, -0.25) is 4.79 Å². The van der Waals surface area contributed by atoms with E-state index >= 15 is 0 Å². The van der Waals surface area contributed by atoms with Crippen molar-refractivity contribution in [2.24, 2.45) is 11.7 Å². The molecule has 1 rings (SSSR count). The van der Waals surface area contributed by atoms with Crippen LogP contribution < -0.4 is 5.73 Å². The number of thioether (sulfide) groups is 1. The number of carbonyl (C=O) groups excluding carboxylic acids is 1. The number of nitrogens with two attached hydrogens (primary N) is 1. The lowest BCUT2D eigenvalue weighted by Gasteiger charge is -2.22. The Kier molecular flexibility index (Phi) is 6.38. The van der Waals surface area contributed by atoms with Crippen molar-refractivity contribution in [1.29, 1.82) is 0 Å². The van der Waals surface area contributed by atoms with Gasteiger partial charge >= 0.3 is 0 Å². The van der Waals surface area contributed by atoms with Crippen molar-refractivity contribution < 1.29 is 4.79 Å². The molecule has 0 saturated heterocycles. The summed E-state index contributed by atoms with van der Waals surface area (Å²) in [6, 6.07) is 7.88. The molecule has 0 aliphatic rings. The highest BCUT2D eigenvalue weighted by Crippen LogP contribution is 2.16. The number of hydrogen-bond donors (Lipinski definition) is 1. The molecular weight excluding hydrogens is 256 g/mol. The van der Waals surface area contributed by atoms with Gasteiger partial charge in [-0.05, 0) is 36.3 Å². The zero-order chi connectivity index (χ0) is 14.4. The monoisotopic (exact) mass is 280 g/mol. The summed E-state index contributed by atoms with van der Waals surface area (Å²) in [5.41, 5.74) is 7.05. The lowest BCUT2D eigenvalue weighted by molar-refractivity contribution is -0.132. The first-order chi connectivity index (χ1) is 8.93. The average Bonchev–Trinajstić information content (AvgIpc) is 2.37. The smallest absolute Gasteiger partial charge is 0.239 e. The van der Waals surface area contributed by atoms with Crippen molar-refractivity contribution in [3.05, 3.63) is 29.8 Å². The van der Waals surface area contributed by atoms with Crippen molar-refractivity contribution in [3.63, 3.8) is 0 Å². The molecule has 0 bridgehead atoms. The molecule has 0 saturated carbocycles. The van der Waals surface area contributed by atoms with Gasteiger partial charge in [0.2, 0.25) is 5.91 Å². The van der Waals surface area contributed by atoms with Crippen LogP contribution in [0.5, 0.6) is 0 Å². The van der Waals surface area contributed by atoms with Crippen LogP contribution >= 0.6 is 11.8 Å². The van der Waals surface area contributed by atoms with E-state index in [0.717, 1.165) is 12.0 Å². The summed E-state index contributed by atoms with van der Waals surface area (Å²) >= 11 is 1.71. The minimum absolute atomic E-state index is 0.0163.